The van der Waals surface area contributed by atoms with Crippen molar-refractivity contribution in [3.8, 4) is 33.8 Å². The third kappa shape index (κ3) is 4.81. The lowest BCUT2D eigenvalue weighted by Crippen LogP contribution is -2.28. The zero-order valence-corrected chi connectivity index (χ0v) is 29.2. The topological polar surface area (TPSA) is 52.9 Å². The van der Waals surface area contributed by atoms with Crippen molar-refractivity contribution in [2.24, 2.45) is 0 Å². The molecule has 4 heteroatoms. The first-order chi connectivity index (χ1) is 24.3. The highest BCUT2D eigenvalue weighted by atomic mass is 16.5. The SMILES string of the molecule is COCCN(Cc1cccc(C2(C)c3ccccc3-c3ccccc32)c1O)Cc1cc(C)cc(C2(C)c3ccccc3-c3ccccc32)c1O. The fourth-order valence-electron chi connectivity index (χ4n) is 8.88. The Morgan fingerprint density at radius 3 is 1.44 bits per heavy atom. The second-order valence-electron chi connectivity index (χ2n) is 14.3. The van der Waals surface area contributed by atoms with E-state index in [-0.39, 0.29) is 0 Å². The molecule has 2 N–H and O–H groups in total. The van der Waals surface area contributed by atoms with Crippen molar-refractivity contribution < 1.29 is 14.9 Å². The first-order valence-corrected chi connectivity index (χ1v) is 17.5. The van der Waals surface area contributed by atoms with Crippen LogP contribution in [0.2, 0.25) is 0 Å². The Morgan fingerprint density at radius 1 is 0.520 bits per heavy atom. The van der Waals surface area contributed by atoms with Gasteiger partial charge in [0.2, 0.25) is 0 Å². The third-order valence-electron chi connectivity index (χ3n) is 11.4. The number of ether oxygens (including phenoxy) is 1. The highest BCUT2D eigenvalue weighted by Crippen LogP contribution is 2.56. The number of fused-ring (bicyclic) bond motifs is 6. The molecule has 2 aliphatic rings. The second-order valence-corrected chi connectivity index (χ2v) is 14.3. The van der Waals surface area contributed by atoms with Crippen LogP contribution < -0.4 is 0 Å². The van der Waals surface area contributed by atoms with Crippen LogP contribution >= 0.6 is 0 Å². The zero-order chi connectivity index (χ0) is 34.6. The summed E-state index contributed by atoms with van der Waals surface area (Å²) in [5.41, 5.74) is 13.3. The molecule has 0 unspecified atom stereocenters. The van der Waals surface area contributed by atoms with Crippen LogP contribution in [0, 0.1) is 6.92 Å². The van der Waals surface area contributed by atoms with Crippen molar-refractivity contribution in [3.63, 3.8) is 0 Å². The molecule has 6 aromatic carbocycles. The number of benzene rings is 6. The van der Waals surface area contributed by atoms with Crippen LogP contribution in [-0.4, -0.2) is 35.4 Å². The predicted octanol–water partition coefficient (Wildman–Crippen LogP) is 9.72. The fraction of sp³-hybridized carbons (Fsp3) is 0.217. The van der Waals surface area contributed by atoms with Crippen molar-refractivity contribution in [2.75, 3.05) is 20.3 Å². The Hall–Kier alpha value is -5.16. The minimum absolute atomic E-state index is 0.310. The van der Waals surface area contributed by atoms with Gasteiger partial charge in [0.1, 0.15) is 11.5 Å². The maximum absolute atomic E-state index is 12.2. The number of methoxy groups -OCH3 is 1. The van der Waals surface area contributed by atoms with E-state index in [1.54, 1.807) is 7.11 Å². The third-order valence-corrected chi connectivity index (χ3v) is 11.4. The molecule has 0 aromatic heterocycles. The van der Waals surface area contributed by atoms with Crippen molar-refractivity contribution in [1.29, 1.82) is 0 Å². The smallest absolute Gasteiger partial charge is 0.124 e. The zero-order valence-electron chi connectivity index (χ0n) is 29.2. The molecule has 0 radical (unpaired) electrons. The van der Waals surface area contributed by atoms with Gasteiger partial charge in [-0.2, -0.15) is 0 Å². The van der Waals surface area contributed by atoms with E-state index in [0.29, 0.717) is 37.7 Å². The Morgan fingerprint density at radius 2 is 0.940 bits per heavy atom. The van der Waals surface area contributed by atoms with Gasteiger partial charge in [-0.1, -0.05) is 133 Å². The normalized spacial score (nSPS) is 14.7. The molecular weight excluding hydrogens is 615 g/mol. The number of aryl methyl sites for hydroxylation is 1. The van der Waals surface area contributed by atoms with E-state index >= 15 is 0 Å². The summed E-state index contributed by atoms with van der Waals surface area (Å²) < 4.78 is 5.56. The molecule has 2 aliphatic carbocycles. The van der Waals surface area contributed by atoms with E-state index in [9.17, 15) is 10.2 Å². The summed E-state index contributed by atoms with van der Waals surface area (Å²) in [7, 11) is 1.71. The maximum Gasteiger partial charge on any atom is 0.124 e. The Labute approximate surface area is 295 Å². The van der Waals surface area contributed by atoms with E-state index in [1.165, 1.54) is 44.5 Å². The van der Waals surface area contributed by atoms with Gasteiger partial charge in [-0.15, -0.1) is 0 Å². The minimum atomic E-state index is -0.509. The summed E-state index contributed by atoms with van der Waals surface area (Å²) in [4.78, 5) is 2.26. The highest BCUT2D eigenvalue weighted by molar-refractivity contribution is 5.85. The molecule has 0 heterocycles. The molecule has 6 aromatic rings. The largest absolute Gasteiger partial charge is 0.507 e. The Kier molecular flexibility index (Phi) is 7.90. The van der Waals surface area contributed by atoms with Crippen molar-refractivity contribution in [2.45, 2.75) is 44.7 Å². The average molecular weight is 658 g/mol. The Bertz CT molecular complexity index is 2160. The van der Waals surface area contributed by atoms with E-state index < -0.39 is 10.8 Å². The van der Waals surface area contributed by atoms with Gasteiger partial charge in [0.15, 0.2) is 0 Å². The summed E-state index contributed by atoms with van der Waals surface area (Å²) in [5.74, 6) is 0.626. The van der Waals surface area contributed by atoms with Gasteiger partial charge in [-0.3, -0.25) is 4.90 Å². The van der Waals surface area contributed by atoms with Crippen LogP contribution in [0.4, 0.5) is 0 Å². The van der Waals surface area contributed by atoms with Gasteiger partial charge in [-0.05, 0) is 65.3 Å². The van der Waals surface area contributed by atoms with Gasteiger partial charge >= 0.3 is 0 Å². The molecule has 0 saturated heterocycles. The monoisotopic (exact) mass is 657 g/mol. The summed E-state index contributed by atoms with van der Waals surface area (Å²) >= 11 is 0. The summed E-state index contributed by atoms with van der Waals surface area (Å²) in [5, 5.41) is 24.3. The van der Waals surface area contributed by atoms with Crippen molar-refractivity contribution in [1.82, 2.24) is 4.90 Å². The molecule has 4 nitrogen and oxygen atoms in total. The summed E-state index contributed by atoms with van der Waals surface area (Å²) in [6, 6.07) is 44.6. The number of phenolic OH excluding ortho intramolecular Hbond substituents is 2. The molecule has 0 aliphatic heterocycles. The molecule has 0 amide bonds. The van der Waals surface area contributed by atoms with Crippen LogP contribution in [0.25, 0.3) is 22.3 Å². The lowest BCUT2D eigenvalue weighted by Gasteiger charge is -2.32. The molecule has 250 valence electrons. The Balaban J connectivity index is 1.17. The van der Waals surface area contributed by atoms with Gasteiger partial charge in [0.05, 0.1) is 6.61 Å². The molecule has 0 fully saturated rings. The summed E-state index contributed by atoms with van der Waals surface area (Å²) in [6.07, 6.45) is 0. The maximum atomic E-state index is 12.2. The lowest BCUT2D eigenvalue weighted by molar-refractivity contribution is 0.138. The second kappa shape index (κ2) is 12.3. The average Bonchev–Trinajstić information content (AvgIpc) is 3.56. The van der Waals surface area contributed by atoms with Crippen LogP contribution in [0.5, 0.6) is 11.5 Å². The van der Waals surface area contributed by atoms with E-state index in [4.69, 9.17) is 4.74 Å². The molecule has 8 rings (SSSR count). The standard InChI is InChI=1S/C46H43NO3/c1-30-26-32(44(49)42(27-30)46(3)39-21-11-7-17-35(39)36-18-8-12-22-40(36)46)29-47(24-25-50-4)28-31-14-13-23-41(43(31)48)45(2)37-19-9-5-15-33(37)34-16-6-10-20-38(34)45/h5-23,26-27,48-49H,24-25,28-29H2,1-4H3. The molecule has 0 bridgehead atoms. The fourth-order valence-corrected chi connectivity index (χ4v) is 8.88. The number of aromatic hydroxyl groups is 2. The number of phenols is 2. The predicted molar refractivity (Wildman–Crippen MR) is 202 cm³/mol. The first-order valence-electron chi connectivity index (χ1n) is 17.5. The van der Waals surface area contributed by atoms with Gasteiger partial charge < -0.3 is 14.9 Å². The molecule has 0 saturated carbocycles. The lowest BCUT2D eigenvalue weighted by atomic mass is 9.73. The van der Waals surface area contributed by atoms with Crippen LogP contribution in [0.15, 0.2) is 127 Å². The van der Waals surface area contributed by atoms with Gasteiger partial charge in [0, 0.05) is 59.8 Å². The minimum Gasteiger partial charge on any atom is -0.507 e. The summed E-state index contributed by atoms with van der Waals surface area (Å²) in [6.45, 7) is 8.72. The number of rotatable bonds is 9. The molecule has 0 atom stereocenters. The van der Waals surface area contributed by atoms with Gasteiger partial charge in [0.25, 0.3) is 0 Å². The number of hydrogen-bond acceptors (Lipinski definition) is 4. The molecule has 50 heavy (non-hydrogen) atoms. The molecule has 0 spiro atoms. The number of nitrogens with zero attached hydrogens (tertiary/aromatic N) is 1. The van der Waals surface area contributed by atoms with E-state index in [0.717, 1.165) is 27.8 Å². The van der Waals surface area contributed by atoms with Crippen LogP contribution in [0.1, 0.15) is 63.9 Å². The quantitative estimate of drug-likeness (QED) is 0.163. The number of para-hydroxylation sites is 1. The van der Waals surface area contributed by atoms with Crippen LogP contribution in [0.3, 0.4) is 0 Å². The van der Waals surface area contributed by atoms with Crippen molar-refractivity contribution in [3.05, 3.63) is 177 Å². The van der Waals surface area contributed by atoms with Crippen LogP contribution in [-0.2, 0) is 28.7 Å². The first kappa shape index (κ1) is 32.1. The highest BCUT2D eigenvalue weighted by Gasteiger charge is 2.44. The molecular formula is C46H43NO3. The van der Waals surface area contributed by atoms with Gasteiger partial charge in [-0.25, -0.2) is 0 Å². The van der Waals surface area contributed by atoms with E-state index in [1.807, 2.05) is 6.07 Å². The van der Waals surface area contributed by atoms with E-state index in [2.05, 4.69) is 147 Å². The van der Waals surface area contributed by atoms with Crippen molar-refractivity contribution >= 4 is 0 Å². The number of hydrogen-bond donors (Lipinski definition) is 2.